The highest BCUT2D eigenvalue weighted by atomic mass is 32.2. The number of fused-ring (bicyclic) bond motifs is 1. The van der Waals surface area contributed by atoms with Gasteiger partial charge in [-0.05, 0) is 25.1 Å². The van der Waals surface area contributed by atoms with Gasteiger partial charge in [-0.3, -0.25) is 0 Å². The number of thioether (sulfide) groups is 1. The van der Waals surface area contributed by atoms with Gasteiger partial charge in [0.2, 0.25) is 5.95 Å². The highest BCUT2D eigenvalue weighted by Crippen LogP contribution is 2.29. The molecule has 20 heavy (non-hydrogen) atoms. The summed E-state index contributed by atoms with van der Waals surface area (Å²) >= 11 is 1.66. The van der Waals surface area contributed by atoms with Crippen LogP contribution in [0.3, 0.4) is 0 Å². The van der Waals surface area contributed by atoms with E-state index in [1.165, 1.54) is 0 Å². The number of nitrogens with one attached hydrogen (secondary N) is 1. The van der Waals surface area contributed by atoms with Crippen molar-refractivity contribution < 1.29 is 4.42 Å². The second-order valence-electron chi connectivity index (χ2n) is 4.27. The Balaban J connectivity index is 1.94. The van der Waals surface area contributed by atoms with Crippen LogP contribution in [0.15, 0.2) is 52.1 Å². The number of nitrogens with zero attached hydrogens (tertiary/aromatic N) is 2. The van der Waals surface area contributed by atoms with Crippen molar-refractivity contribution >= 4 is 28.6 Å². The lowest BCUT2D eigenvalue weighted by atomic mass is 10.2. The van der Waals surface area contributed by atoms with E-state index in [-0.39, 0.29) is 0 Å². The van der Waals surface area contributed by atoms with Gasteiger partial charge in [-0.2, -0.15) is 0 Å². The van der Waals surface area contributed by atoms with Crippen molar-refractivity contribution in [2.75, 3.05) is 11.9 Å². The molecule has 4 nitrogen and oxygen atoms in total. The molecule has 1 N–H and O–H groups in total. The second kappa shape index (κ2) is 5.96. The number of furan rings is 1. The lowest BCUT2D eigenvalue weighted by Gasteiger charge is -2.08. The molecule has 0 aliphatic carbocycles. The van der Waals surface area contributed by atoms with Crippen molar-refractivity contribution in [1.29, 1.82) is 0 Å². The Morgan fingerprint density at radius 2 is 2.05 bits per heavy atom. The van der Waals surface area contributed by atoms with Gasteiger partial charge in [-0.1, -0.05) is 30.0 Å². The first kappa shape index (κ1) is 13.0. The third-order valence-corrected chi connectivity index (χ3v) is 3.85. The third-order valence-electron chi connectivity index (χ3n) is 2.83. The van der Waals surface area contributed by atoms with Gasteiger partial charge < -0.3 is 9.73 Å². The molecule has 1 aromatic carbocycles. The van der Waals surface area contributed by atoms with Crippen molar-refractivity contribution in [1.82, 2.24) is 9.97 Å². The minimum Gasteiger partial charge on any atom is -0.468 e. The zero-order valence-electron chi connectivity index (χ0n) is 11.2. The monoisotopic (exact) mass is 285 g/mol. The zero-order chi connectivity index (χ0) is 13.8. The first-order valence-corrected chi connectivity index (χ1v) is 7.51. The van der Waals surface area contributed by atoms with E-state index in [0.717, 1.165) is 34.0 Å². The third kappa shape index (κ3) is 2.77. The Labute approximate surface area is 121 Å². The van der Waals surface area contributed by atoms with Gasteiger partial charge in [0.1, 0.15) is 10.8 Å². The summed E-state index contributed by atoms with van der Waals surface area (Å²) in [6, 6.07) is 11.9. The molecule has 0 bridgehead atoms. The van der Waals surface area contributed by atoms with Crippen molar-refractivity contribution in [2.45, 2.75) is 17.7 Å². The molecule has 0 aliphatic heterocycles. The number of hydrogen-bond donors (Lipinski definition) is 1. The predicted octanol–water partition coefficient (Wildman–Crippen LogP) is 3.95. The molecule has 2 aromatic heterocycles. The van der Waals surface area contributed by atoms with Crippen LogP contribution in [0.25, 0.3) is 10.9 Å². The minimum atomic E-state index is 0.674. The summed E-state index contributed by atoms with van der Waals surface area (Å²) in [6.45, 7) is 2.84. The van der Waals surface area contributed by atoms with Crippen molar-refractivity contribution in [3.63, 3.8) is 0 Å². The summed E-state index contributed by atoms with van der Waals surface area (Å²) in [7, 11) is 0. The highest BCUT2D eigenvalue weighted by molar-refractivity contribution is 7.98. The van der Waals surface area contributed by atoms with E-state index in [4.69, 9.17) is 4.42 Å². The molecule has 0 atom stereocenters. The van der Waals surface area contributed by atoms with Crippen LogP contribution >= 0.6 is 11.8 Å². The van der Waals surface area contributed by atoms with Gasteiger partial charge in [-0.25, -0.2) is 9.97 Å². The Bertz CT molecular complexity index is 697. The summed E-state index contributed by atoms with van der Waals surface area (Å²) in [6.07, 6.45) is 1.69. The summed E-state index contributed by atoms with van der Waals surface area (Å²) in [4.78, 5) is 9.10. The molecule has 102 valence electrons. The van der Waals surface area contributed by atoms with E-state index >= 15 is 0 Å². The lowest BCUT2D eigenvalue weighted by molar-refractivity contribution is 0.530. The minimum absolute atomic E-state index is 0.674. The molecule has 0 saturated carbocycles. The number of rotatable bonds is 5. The maximum atomic E-state index is 5.37. The van der Waals surface area contributed by atoms with Gasteiger partial charge in [0.25, 0.3) is 0 Å². The van der Waals surface area contributed by atoms with E-state index in [0.29, 0.717) is 5.95 Å². The van der Waals surface area contributed by atoms with E-state index in [1.807, 2.05) is 37.3 Å². The molecular weight excluding hydrogens is 270 g/mol. The largest absolute Gasteiger partial charge is 0.468 e. The number of anilines is 1. The predicted molar refractivity (Wildman–Crippen MR) is 82.0 cm³/mol. The number of aromatic nitrogens is 2. The second-order valence-corrected chi connectivity index (χ2v) is 5.23. The first-order valence-electron chi connectivity index (χ1n) is 6.52. The van der Waals surface area contributed by atoms with Crippen molar-refractivity contribution in [2.24, 2.45) is 0 Å². The van der Waals surface area contributed by atoms with Crippen LogP contribution in [0, 0.1) is 0 Å². The molecule has 0 unspecified atom stereocenters. The van der Waals surface area contributed by atoms with Gasteiger partial charge in [0.15, 0.2) is 0 Å². The molecule has 0 amide bonds. The molecule has 0 fully saturated rings. The van der Waals surface area contributed by atoms with Gasteiger partial charge >= 0.3 is 0 Å². The Kier molecular flexibility index (Phi) is 3.87. The van der Waals surface area contributed by atoms with Crippen LogP contribution in [0.5, 0.6) is 0 Å². The molecule has 0 saturated heterocycles. The van der Waals surface area contributed by atoms with Crippen LogP contribution in [0.4, 0.5) is 5.95 Å². The summed E-state index contributed by atoms with van der Waals surface area (Å²) < 4.78 is 5.37. The van der Waals surface area contributed by atoms with Gasteiger partial charge in [0, 0.05) is 11.9 Å². The fourth-order valence-electron chi connectivity index (χ4n) is 1.93. The molecule has 0 radical (unpaired) electrons. The first-order chi connectivity index (χ1) is 9.86. The summed E-state index contributed by atoms with van der Waals surface area (Å²) in [5.74, 6) is 2.38. The number of para-hydroxylation sites is 1. The maximum absolute atomic E-state index is 5.37. The van der Waals surface area contributed by atoms with Gasteiger partial charge in [0.05, 0.1) is 17.5 Å². The quantitative estimate of drug-likeness (QED) is 0.568. The normalized spacial score (nSPS) is 10.8. The smallest absolute Gasteiger partial charge is 0.224 e. The average Bonchev–Trinajstić information content (AvgIpc) is 2.98. The Morgan fingerprint density at radius 1 is 1.15 bits per heavy atom. The fraction of sp³-hybridized carbons (Fsp3) is 0.200. The van der Waals surface area contributed by atoms with Crippen LogP contribution in [-0.2, 0) is 5.75 Å². The molecule has 3 aromatic rings. The lowest BCUT2D eigenvalue weighted by Crippen LogP contribution is -2.03. The highest BCUT2D eigenvalue weighted by Gasteiger charge is 2.08. The van der Waals surface area contributed by atoms with Crippen molar-refractivity contribution in [3.05, 3.63) is 48.4 Å². The number of hydrogen-bond acceptors (Lipinski definition) is 5. The number of benzene rings is 1. The average molecular weight is 285 g/mol. The van der Waals surface area contributed by atoms with Gasteiger partial charge in [-0.15, -0.1) is 0 Å². The van der Waals surface area contributed by atoms with E-state index < -0.39 is 0 Å². The molecule has 5 heteroatoms. The molecule has 2 heterocycles. The molecule has 3 rings (SSSR count). The summed E-state index contributed by atoms with van der Waals surface area (Å²) in [5, 5.41) is 5.22. The van der Waals surface area contributed by atoms with Crippen LogP contribution < -0.4 is 5.32 Å². The summed E-state index contributed by atoms with van der Waals surface area (Å²) in [5.41, 5.74) is 0.959. The Hall–Kier alpha value is -2.01. The van der Waals surface area contributed by atoms with Crippen LogP contribution in [0.1, 0.15) is 12.7 Å². The topological polar surface area (TPSA) is 51.0 Å². The maximum Gasteiger partial charge on any atom is 0.224 e. The Morgan fingerprint density at radius 3 is 2.85 bits per heavy atom. The van der Waals surface area contributed by atoms with E-state index in [2.05, 4.69) is 21.4 Å². The van der Waals surface area contributed by atoms with E-state index in [1.54, 1.807) is 18.0 Å². The standard InChI is InChI=1S/C15H15N3OS/c1-2-16-15-17-13-8-4-3-7-12(13)14(18-15)20-10-11-6-5-9-19-11/h3-9H,2,10H2,1H3,(H,16,17,18). The van der Waals surface area contributed by atoms with Crippen LogP contribution in [0.2, 0.25) is 0 Å². The molecule has 0 aliphatic rings. The zero-order valence-corrected chi connectivity index (χ0v) is 12.0. The van der Waals surface area contributed by atoms with Crippen molar-refractivity contribution in [3.8, 4) is 0 Å². The van der Waals surface area contributed by atoms with Crippen LogP contribution in [-0.4, -0.2) is 16.5 Å². The van der Waals surface area contributed by atoms with E-state index in [9.17, 15) is 0 Å². The fourth-order valence-corrected chi connectivity index (χ4v) is 2.85. The SMILES string of the molecule is CCNc1nc(SCc2ccco2)c2ccccc2n1. The molecule has 0 spiro atoms. The molecular formula is C15H15N3OS.